The topological polar surface area (TPSA) is 43.4 Å². The zero-order valence-corrected chi connectivity index (χ0v) is 11.8. The van der Waals surface area contributed by atoms with Crippen LogP contribution in [0.15, 0.2) is 24.3 Å². The molecule has 1 aromatic carbocycles. The molecule has 0 spiro atoms. The Morgan fingerprint density at radius 3 is 2.44 bits per heavy atom. The fourth-order valence-corrected chi connectivity index (χ4v) is 2.09. The first-order valence-corrected chi connectivity index (χ1v) is 6.95. The van der Waals surface area contributed by atoms with E-state index in [1.54, 1.807) is 12.1 Å². The first-order chi connectivity index (χ1) is 8.52. The van der Waals surface area contributed by atoms with Crippen molar-refractivity contribution in [1.82, 2.24) is 0 Å². The smallest absolute Gasteiger partial charge is 0.372 e. The predicted molar refractivity (Wildman–Crippen MR) is 74.1 cm³/mol. The number of carbonyl (C=O) groups is 2. The molecule has 0 aliphatic rings. The molecule has 98 valence electrons. The van der Waals surface area contributed by atoms with Crippen LogP contribution >= 0.6 is 11.8 Å². The van der Waals surface area contributed by atoms with Crippen LogP contribution in [0.5, 0.6) is 5.75 Å². The van der Waals surface area contributed by atoms with E-state index in [9.17, 15) is 9.59 Å². The van der Waals surface area contributed by atoms with E-state index in [0.717, 1.165) is 17.3 Å². The van der Waals surface area contributed by atoms with Crippen LogP contribution in [-0.4, -0.2) is 16.8 Å². The van der Waals surface area contributed by atoms with E-state index >= 15 is 0 Å². The Hall–Kier alpha value is -1.29. The summed E-state index contributed by atoms with van der Waals surface area (Å²) >= 11 is 1.05. The first kappa shape index (κ1) is 14.8. The number of benzene rings is 1. The van der Waals surface area contributed by atoms with Crippen LogP contribution < -0.4 is 4.74 Å². The number of hydrogen-bond acceptors (Lipinski definition) is 4. The van der Waals surface area contributed by atoms with Crippen molar-refractivity contribution < 1.29 is 14.3 Å². The zero-order chi connectivity index (χ0) is 13.5. The second-order valence-electron chi connectivity index (χ2n) is 4.20. The van der Waals surface area contributed by atoms with E-state index in [1.165, 1.54) is 0 Å². The molecule has 0 amide bonds. The normalized spacial score (nSPS) is 11.9. The number of hydrogen-bond donors (Lipinski definition) is 0. The number of ether oxygens (including phenoxy) is 1. The predicted octanol–water partition coefficient (Wildman–Crippen LogP) is 3.84. The zero-order valence-electron chi connectivity index (χ0n) is 10.9. The van der Waals surface area contributed by atoms with Gasteiger partial charge >= 0.3 is 5.30 Å². The van der Waals surface area contributed by atoms with Gasteiger partial charge in [0.1, 0.15) is 11.5 Å². The van der Waals surface area contributed by atoms with Crippen molar-refractivity contribution in [3.8, 4) is 5.75 Å². The Bertz CT molecular complexity index is 412. The lowest BCUT2D eigenvalue weighted by Gasteiger charge is -2.08. The number of Topliss-reactive ketones (excluding diaryl/α,β-unsaturated/α-hetero) is 1. The van der Waals surface area contributed by atoms with Crippen LogP contribution in [0.2, 0.25) is 0 Å². The Morgan fingerprint density at radius 1 is 1.28 bits per heavy atom. The van der Waals surface area contributed by atoms with Gasteiger partial charge in [0.25, 0.3) is 0 Å². The summed E-state index contributed by atoms with van der Waals surface area (Å²) in [5.74, 6) is 1.07. The maximum Gasteiger partial charge on any atom is 0.372 e. The minimum Gasteiger partial charge on any atom is -0.418 e. The van der Waals surface area contributed by atoms with E-state index in [-0.39, 0.29) is 17.0 Å². The maximum absolute atomic E-state index is 11.5. The van der Waals surface area contributed by atoms with Crippen molar-refractivity contribution in [2.24, 2.45) is 5.92 Å². The van der Waals surface area contributed by atoms with Gasteiger partial charge in [-0.3, -0.25) is 4.79 Å². The molecule has 0 aromatic heterocycles. The Labute approximate surface area is 112 Å². The van der Waals surface area contributed by atoms with Gasteiger partial charge < -0.3 is 4.74 Å². The lowest BCUT2D eigenvalue weighted by Crippen LogP contribution is -2.14. The maximum atomic E-state index is 11.5. The van der Waals surface area contributed by atoms with Crippen molar-refractivity contribution in [2.45, 2.75) is 27.2 Å². The molecule has 0 aliphatic carbocycles. The van der Waals surface area contributed by atoms with Crippen molar-refractivity contribution in [2.75, 3.05) is 5.75 Å². The largest absolute Gasteiger partial charge is 0.418 e. The van der Waals surface area contributed by atoms with Crippen LogP contribution in [0.25, 0.3) is 0 Å². The van der Waals surface area contributed by atoms with Gasteiger partial charge in [-0.2, -0.15) is 0 Å². The molecule has 1 aromatic rings. The number of carbonyl (C=O) groups excluding carboxylic acids is 2. The average molecular weight is 266 g/mol. The summed E-state index contributed by atoms with van der Waals surface area (Å²) < 4.78 is 5.15. The lowest BCUT2D eigenvalue weighted by atomic mass is 10.1. The molecular formula is C14H18O3S. The summed E-state index contributed by atoms with van der Waals surface area (Å²) in [4.78, 5) is 22.9. The quantitative estimate of drug-likeness (QED) is 0.759. The van der Waals surface area contributed by atoms with Gasteiger partial charge in [0.05, 0.1) is 0 Å². The van der Waals surface area contributed by atoms with E-state index in [2.05, 4.69) is 0 Å². The van der Waals surface area contributed by atoms with Gasteiger partial charge in [-0.25, -0.2) is 4.79 Å². The summed E-state index contributed by atoms with van der Waals surface area (Å²) in [7, 11) is 0. The standard InChI is InChI=1S/C14H18O3S/c1-4-13(15)11(3)9-18-14(16)17-12-7-5-10(2)6-8-12/h5-8,11H,4,9H2,1-3H3. The van der Waals surface area contributed by atoms with Gasteiger partial charge in [-0.05, 0) is 30.8 Å². The van der Waals surface area contributed by atoms with Gasteiger partial charge in [-0.15, -0.1) is 0 Å². The molecule has 0 aliphatic heterocycles. The van der Waals surface area contributed by atoms with Crippen LogP contribution in [0.3, 0.4) is 0 Å². The van der Waals surface area contributed by atoms with Crippen molar-refractivity contribution in [3.63, 3.8) is 0 Å². The van der Waals surface area contributed by atoms with Crippen molar-refractivity contribution >= 4 is 22.8 Å². The van der Waals surface area contributed by atoms with Crippen LogP contribution in [0.4, 0.5) is 4.79 Å². The highest BCUT2D eigenvalue weighted by atomic mass is 32.2. The highest BCUT2D eigenvalue weighted by molar-refractivity contribution is 8.13. The molecule has 18 heavy (non-hydrogen) atoms. The molecule has 0 radical (unpaired) electrons. The first-order valence-electron chi connectivity index (χ1n) is 5.97. The lowest BCUT2D eigenvalue weighted by molar-refractivity contribution is -0.121. The molecule has 1 rings (SSSR count). The number of rotatable bonds is 5. The monoisotopic (exact) mass is 266 g/mol. The molecule has 1 unspecified atom stereocenters. The molecule has 1 atom stereocenters. The molecule has 0 saturated carbocycles. The molecule has 4 heteroatoms. The number of aryl methyl sites for hydroxylation is 1. The summed E-state index contributed by atoms with van der Waals surface area (Å²) in [6, 6.07) is 7.29. The second kappa shape index (κ2) is 7.21. The average Bonchev–Trinajstić information content (AvgIpc) is 2.37. The minimum absolute atomic E-state index is 0.106. The van der Waals surface area contributed by atoms with Crippen molar-refractivity contribution in [3.05, 3.63) is 29.8 Å². The molecule has 0 bridgehead atoms. The molecule has 0 heterocycles. The summed E-state index contributed by atoms with van der Waals surface area (Å²) in [5, 5.41) is -0.366. The van der Waals surface area contributed by atoms with E-state index in [0.29, 0.717) is 17.9 Å². The Balaban J connectivity index is 2.38. The Morgan fingerprint density at radius 2 is 1.89 bits per heavy atom. The Kier molecular flexibility index (Phi) is 5.92. The third kappa shape index (κ3) is 4.92. The van der Waals surface area contributed by atoms with Crippen LogP contribution in [-0.2, 0) is 4.79 Å². The summed E-state index contributed by atoms with van der Waals surface area (Å²) in [5.41, 5.74) is 1.12. The van der Waals surface area contributed by atoms with Crippen LogP contribution in [0, 0.1) is 12.8 Å². The summed E-state index contributed by atoms with van der Waals surface area (Å²) in [6.45, 7) is 5.63. The van der Waals surface area contributed by atoms with Crippen molar-refractivity contribution in [1.29, 1.82) is 0 Å². The highest BCUT2D eigenvalue weighted by Gasteiger charge is 2.14. The highest BCUT2D eigenvalue weighted by Crippen LogP contribution is 2.17. The minimum atomic E-state index is -0.366. The van der Waals surface area contributed by atoms with E-state index in [1.807, 2.05) is 32.9 Å². The number of ketones is 1. The molecule has 0 N–H and O–H groups in total. The second-order valence-corrected chi connectivity index (χ2v) is 5.15. The number of thioether (sulfide) groups is 1. The van der Waals surface area contributed by atoms with Gasteiger partial charge in [-0.1, -0.05) is 31.5 Å². The summed E-state index contributed by atoms with van der Waals surface area (Å²) in [6.07, 6.45) is 0.509. The van der Waals surface area contributed by atoms with E-state index < -0.39 is 0 Å². The fourth-order valence-electron chi connectivity index (χ4n) is 1.37. The van der Waals surface area contributed by atoms with Gasteiger partial charge in [0.2, 0.25) is 0 Å². The third-order valence-corrected chi connectivity index (χ3v) is 3.56. The molecular weight excluding hydrogens is 248 g/mol. The SMILES string of the molecule is CCC(=O)C(C)CSC(=O)Oc1ccc(C)cc1. The van der Waals surface area contributed by atoms with Gasteiger partial charge in [0.15, 0.2) is 0 Å². The molecule has 0 saturated heterocycles. The van der Waals surface area contributed by atoms with E-state index in [4.69, 9.17) is 4.74 Å². The van der Waals surface area contributed by atoms with Crippen LogP contribution in [0.1, 0.15) is 25.8 Å². The molecule has 0 fully saturated rings. The molecule has 3 nitrogen and oxygen atoms in total. The third-order valence-electron chi connectivity index (χ3n) is 2.57. The van der Waals surface area contributed by atoms with Gasteiger partial charge in [0, 0.05) is 18.1 Å². The fraction of sp³-hybridized carbons (Fsp3) is 0.429.